The third-order valence-corrected chi connectivity index (χ3v) is 2.74. The van der Waals surface area contributed by atoms with E-state index in [9.17, 15) is 14.4 Å². The van der Waals surface area contributed by atoms with Gasteiger partial charge in [-0.3, -0.25) is 14.8 Å². The molecule has 1 rings (SSSR count). The predicted molar refractivity (Wildman–Crippen MR) is 74.0 cm³/mol. The number of aromatic nitrogens is 1. The predicted octanol–water partition coefficient (Wildman–Crippen LogP) is 2.08. The fourth-order valence-corrected chi connectivity index (χ4v) is 1.47. The Bertz CT molecular complexity index is 552. The number of methoxy groups -OCH3 is 1. The molecule has 7 nitrogen and oxygen atoms in total. The highest BCUT2D eigenvalue weighted by atomic mass is 35.6. The lowest BCUT2D eigenvalue weighted by atomic mass is 10.4. The highest BCUT2D eigenvalue weighted by Crippen LogP contribution is 2.25. The van der Waals surface area contributed by atoms with Crippen LogP contribution < -0.4 is 10.7 Å². The molecule has 0 saturated heterocycles. The molecule has 0 unspecified atom stereocenters. The van der Waals surface area contributed by atoms with Gasteiger partial charge in [0.2, 0.25) is 0 Å². The smallest absolute Gasteiger partial charge is 0.358 e. The Hall–Kier alpha value is -1.15. The Balaban J connectivity index is 2.82. The molecule has 0 saturated carbocycles. The summed E-state index contributed by atoms with van der Waals surface area (Å²) in [4.78, 5) is 34.2. The minimum Gasteiger partial charge on any atom is -0.464 e. The molecule has 110 valence electrons. The van der Waals surface area contributed by atoms with Gasteiger partial charge in [-0.05, 0) is 6.07 Å². The highest BCUT2D eigenvalue weighted by Gasteiger charge is 2.32. The fourth-order valence-electron chi connectivity index (χ4n) is 1.11. The van der Waals surface area contributed by atoms with Gasteiger partial charge in [0, 0.05) is 6.20 Å². The summed E-state index contributed by atoms with van der Waals surface area (Å²) in [5.74, 6) is -1.94. The van der Waals surface area contributed by atoms with Crippen molar-refractivity contribution in [2.24, 2.45) is 0 Å². The van der Waals surface area contributed by atoms with Gasteiger partial charge in [-0.25, -0.2) is 15.0 Å². The normalized spacial score (nSPS) is 10.8. The van der Waals surface area contributed by atoms with Crippen LogP contribution in [-0.4, -0.2) is 33.5 Å². The average molecular weight is 363 g/mol. The van der Waals surface area contributed by atoms with Crippen LogP contribution in [-0.2, 0) is 9.53 Å². The maximum Gasteiger partial charge on any atom is 0.358 e. The van der Waals surface area contributed by atoms with E-state index in [1.165, 1.54) is 12.3 Å². The van der Waals surface area contributed by atoms with Gasteiger partial charge < -0.3 is 4.74 Å². The number of hydrogen-bond acceptors (Lipinski definition) is 4. The average Bonchev–Trinajstić information content (AvgIpc) is 2.68. The molecular formula is C9H7Cl4N3O4. The second-order valence-corrected chi connectivity index (χ2v) is 5.96. The number of carbonyl (C=O) groups is 3. The van der Waals surface area contributed by atoms with Crippen LogP contribution >= 0.6 is 46.4 Å². The van der Waals surface area contributed by atoms with E-state index in [4.69, 9.17) is 46.4 Å². The third kappa shape index (κ3) is 4.17. The number of hydrogen-bond donors (Lipinski definition) is 2. The topological polar surface area (TPSA) is 89.4 Å². The number of imide groups is 1. The Morgan fingerprint density at radius 3 is 2.40 bits per heavy atom. The Morgan fingerprint density at radius 2 is 1.90 bits per heavy atom. The molecule has 0 aliphatic carbocycles. The summed E-state index contributed by atoms with van der Waals surface area (Å²) in [6.45, 7) is 0. The molecule has 0 bridgehead atoms. The lowest BCUT2D eigenvalue weighted by molar-refractivity contribution is -0.119. The lowest BCUT2D eigenvalue weighted by Crippen LogP contribution is -2.43. The van der Waals surface area contributed by atoms with Gasteiger partial charge in [0.05, 0.1) is 12.1 Å². The summed E-state index contributed by atoms with van der Waals surface area (Å²) < 4.78 is 3.15. The fraction of sp³-hybridized carbons (Fsp3) is 0.222. The first-order valence-electron chi connectivity index (χ1n) is 4.81. The van der Waals surface area contributed by atoms with Gasteiger partial charge in [0.15, 0.2) is 5.69 Å². The molecule has 0 aromatic carbocycles. The number of nitrogens with one attached hydrogen (secondary N) is 2. The molecule has 0 fully saturated rings. The van der Waals surface area contributed by atoms with E-state index in [0.29, 0.717) is 0 Å². The maximum atomic E-state index is 11.5. The summed E-state index contributed by atoms with van der Waals surface area (Å²) in [6, 6.07) is 0.309. The first-order chi connectivity index (χ1) is 9.16. The number of alkyl halides is 3. The molecule has 1 aromatic heterocycles. The maximum absolute atomic E-state index is 11.5. The van der Waals surface area contributed by atoms with Crippen molar-refractivity contribution in [2.75, 3.05) is 12.5 Å². The van der Waals surface area contributed by atoms with Crippen molar-refractivity contribution in [1.29, 1.82) is 0 Å². The van der Waals surface area contributed by atoms with Crippen LogP contribution in [0.3, 0.4) is 0 Å². The monoisotopic (exact) mass is 361 g/mol. The molecular weight excluding hydrogens is 356 g/mol. The molecule has 3 amide bonds. The SMILES string of the molecule is COC(=O)c1c(Cl)ccn1NC(=O)NC(=O)C(Cl)(Cl)Cl. The van der Waals surface area contributed by atoms with Crippen LogP contribution in [0.15, 0.2) is 12.3 Å². The van der Waals surface area contributed by atoms with Gasteiger partial charge in [-0.2, -0.15) is 0 Å². The van der Waals surface area contributed by atoms with Gasteiger partial charge in [-0.15, -0.1) is 0 Å². The van der Waals surface area contributed by atoms with Crippen molar-refractivity contribution in [1.82, 2.24) is 9.99 Å². The Morgan fingerprint density at radius 1 is 1.30 bits per heavy atom. The number of halogens is 4. The second-order valence-electron chi connectivity index (χ2n) is 3.27. The minimum atomic E-state index is -2.29. The van der Waals surface area contributed by atoms with Crippen LogP contribution in [0, 0.1) is 0 Å². The summed E-state index contributed by atoms with van der Waals surface area (Å²) in [7, 11) is 1.14. The summed E-state index contributed by atoms with van der Waals surface area (Å²) in [6.07, 6.45) is 1.27. The van der Waals surface area contributed by atoms with Gasteiger partial charge in [0.25, 0.3) is 9.70 Å². The second kappa shape index (κ2) is 6.53. The van der Waals surface area contributed by atoms with Crippen LogP contribution in [0.5, 0.6) is 0 Å². The lowest BCUT2D eigenvalue weighted by Gasteiger charge is -2.13. The number of carbonyl (C=O) groups excluding carboxylic acids is 3. The van der Waals surface area contributed by atoms with Gasteiger partial charge >= 0.3 is 12.0 Å². The minimum absolute atomic E-state index is 0.0462. The largest absolute Gasteiger partial charge is 0.464 e. The number of esters is 1. The van der Waals surface area contributed by atoms with Gasteiger partial charge in [0.1, 0.15) is 0 Å². The number of ether oxygens (including phenoxy) is 1. The molecule has 11 heteroatoms. The zero-order valence-electron chi connectivity index (χ0n) is 9.75. The Labute approximate surface area is 133 Å². The van der Waals surface area contributed by atoms with Crippen molar-refractivity contribution < 1.29 is 19.1 Å². The molecule has 0 spiro atoms. The van der Waals surface area contributed by atoms with Gasteiger partial charge in [-0.1, -0.05) is 46.4 Å². The van der Waals surface area contributed by atoms with E-state index >= 15 is 0 Å². The quantitative estimate of drug-likeness (QED) is 0.622. The molecule has 0 atom stereocenters. The molecule has 0 aliphatic heterocycles. The summed E-state index contributed by atoms with van der Waals surface area (Å²) >= 11 is 21.6. The summed E-state index contributed by atoms with van der Waals surface area (Å²) in [5, 5.41) is 1.81. The molecule has 0 radical (unpaired) electrons. The molecule has 2 N–H and O–H groups in total. The summed E-state index contributed by atoms with van der Waals surface area (Å²) in [5.41, 5.74) is 2.00. The standard InChI is InChI=1S/C9H7Cl4N3O4/c1-20-6(17)5-4(10)2-3-16(5)15-8(19)14-7(18)9(11,12)13/h2-3H,1H3,(H2,14,15,18,19). The van der Waals surface area contributed by atoms with E-state index in [1.807, 2.05) is 0 Å². The van der Waals surface area contributed by atoms with Crippen molar-refractivity contribution in [3.63, 3.8) is 0 Å². The number of urea groups is 1. The van der Waals surface area contributed by atoms with Crippen LogP contribution in [0.1, 0.15) is 10.5 Å². The van der Waals surface area contributed by atoms with Crippen LogP contribution in [0.25, 0.3) is 0 Å². The number of amides is 3. The molecule has 20 heavy (non-hydrogen) atoms. The van der Waals surface area contributed by atoms with E-state index in [-0.39, 0.29) is 10.7 Å². The molecule has 1 heterocycles. The first kappa shape index (κ1) is 16.9. The van der Waals surface area contributed by atoms with E-state index in [1.54, 1.807) is 5.32 Å². The number of rotatable bonds is 2. The zero-order valence-corrected chi connectivity index (χ0v) is 12.8. The van der Waals surface area contributed by atoms with Crippen molar-refractivity contribution in [3.05, 3.63) is 23.0 Å². The Kier molecular flexibility index (Phi) is 5.52. The van der Waals surface area contributed by atoms with Crippen molar-refractivity contribution >= 4 is 64.3 Å². The molecule has 0 aliphatic rings. The highest BCUT2D eigenvalue weighted by molar-refractivity contribution is 6.76. The first-order valence-corrected chi connectivity index (χ1v) is 6.32. The van der Waals surface area contributed by atoms with E-state index < -0.39 is 21.7 Å². The van der Waals surface area contributed by atoms with Crippen molar-refractivity contribution in [2.45, 2.75) is 3.79 Å². The van der Waals surface area contributed by atoms with Crippen LogP contribution in [0.2, 0.25) is 5.02 Å². The van der Waals surface area contributed by atoms with Crippen LogP contribution in [0.4, 0.5) is 4.79 Å². The van der Waals surface area contributed by atoms with Crippen molar-refractivity contribution in [3.8, 4) is 0 Å². The molecule has 1 aromatic rings. The zero-order chi connectivity index (χ0) is 15.5. The third-order valence-electron chi connectivity index (χ3n) is 1.92. The van der Waals surface area contributed by atoms with E-state index in [2.05, 4.69) is 10.2 Å². The van der Waals surface area contributed by atoms with E-state index in [0.717, 1.165) is 11.8 Å². The number of nitrogens with zero attached hydrogens (tertiary/aromatic N) is 1.